The first kappa shape index (κ1) is 22.7. The molecule has 0 radical (unpaired) electrons. The molecule has 0 bridgehead atoms. The summed E-state index contributed by atoms with van der Waals surface area (Å²) in [4.78, 5) is 29.5. The van der Waals surface area contributed by atoms with E-state index in [1.54, 1.807) is 44.4 Å². The molecular formula is C19H15ClN3NaO3S. The van der Waals surface area contributed by atoms with E-state index in [-0.39, 0.29) is 46.0 Å². The zero-order valence-electron chi connectivity index (χ0n) is 15.9. The van der Waals surface area contributed by atoms with Gasteiger partial charge in [-0.15, -0.1) is 11.8 Å². The van der Waals surface area contributed by atoms with E-state index < -0.39 is 17.9 Å². The topological polar surface area (TPSA) is 98.8 Å². The normalized spacial score (nSPS) is 11.2. The number of carbonyl (C=O) groups excluding carboxylic acids is 1. The van der Waals surface area contributed by atoms with E-state index in [2.05, 4.69) is 11.1 Å². The van der Waals surface area contributed by atoms with Gasteiger partial charge in [0.15, 0.2) is 5.43 Å². The number of fused-ring (bicyclic) bond motifs is 2. The van der Waals surface area contributed by atoms with Crippen LogP contribution in [-0.2, 0) is 16.8 Å². The minimum Gasteiger partial charge on any atom is -0.548 e. The third kappa shape index (κ3) is 3.80. The van der Waals surface area contributed by atoms with E-state index in [0.29, 0.717) is 26.5 Å². The molecule has 0 amide bonds. The van der Waals surface area contributed by atoms with Gasteiger partial charge in [0.1, 0.15) is 5.65 Å². The van der Waals surface area contributed by atoms with Gasteiger partial charge in [-0.3, -0.25) is 4.79 Å². The third-order valence-electron chi connectivity index (χ3n) is 4.38. The molecule has 0 saturated heterocycles. The minimum absolute atomic E-state index is 0. The third-order valence-corrected chi connectivity index (χ3v) is 5.63. The summed E-state index contributed by atoms with van der Waals surface area (Å²) in [6.45, 7) is 2.91. The van der Waals surface area contributed by atoms with Crippen molar-refractivity contribution in [3.8, 4) is 6.07 Å². The first-order valence-electron chi connectivity index (χ1n) is 8.02. The SMILES string of the molecule is CSc1c(Cl)ccc2c(=O)c3ccc(C(C)(C)C#N)nc3n(CC(=O)[O-])c12.[Na+]. The second-order valence-corrected chi connectivity index (χ2v) is 7.79. The molecule has 0 spiro atoms. The van der Waals surface area contributed by atoms with Gasteiger partial charge in [0.25, 0.3) is 0 Å². The van der Waals surface area contributed by atoms with Crippen LogP contribution in [0.15, 0.2) is 34.0 Å². The monoisotopic (exact) mass is 423 g/mol. The van der Waals surface area contributed by atoms with E-state index in [4.69, 9.17) is 11.6 Å². The van der Waals surface area contributed by atoms with Gasteiger partial charge in [0.2, 0.25) is 0 Å². The molecule has 2 aromatic heterocycles. The maximum Gasteiger partial charge on any atom is 1.00 e. The van der Waals surface area contributed by atoms with E-state index in [9.17, 15) is 20.0 Å². The first-order valence-corrected chi connectivity index (χ1v) is 9.63. The van der Waals surface area contributed by atoms with Crippen LogP contribution < -0.4 is 40.1 Å². The Kier molecular flexibility index (Phi) is 6.85. The Morgan fingerprint density at radius 2 is 1.96 bits per heavy atom. The number of pyridine rings is 2. The summed E-state index contributed by atoms with van der Waals surface area (Å²) >= 11 is 7.59. The second-order valence-electron chi connectivity index (χ2n) is 6.57. The van der Waals surface area contributed by atoms with Crippen molar-refractivity contribution in [2.75, 3.05) is 6.26 Å². The molecule has 0 atom stereocenters. The molecule has 1 aromatic carbocycles. The standard InChI is InChI=1S/C19H16ClN3O3S.Na/c1-19(2,9-21)13-7-5-11-16(26)10-4-6-12(20)17(27-3)15(10)23(8-14(24)25)18(11)22-13;/h4-7H,8H2,1-3H3,(H,24,25);/q;+1/p-1. The van der Waals surface area contributed by atoms with Crippen LogP contribution in [0.4, 0.5) is 0 Å². The predicted octanol–water partition coefficient (Wildman–Crippen LogP) is -0.520. The first-order chi connectivity index (χ1) is 12.7. The summed E-state index contributed by atoms with van der Waals surface area (Å²) in [7, 11) is 0. The molecule has 0 aliphatic rings. The maximum atomic E-state index is 13.0. The smallest absolute Gasteiger partial charge is 0.548 e. The van der Waals surface area contributed by atoms with E-state index >= 15 is 0 Å². The predicted molar refractivity (Wildman–Crippen MR) is 104 cm³/mol. The van der Waals surface area contributed by atoms with Crippen molar-refractivity contribution in [2.45, 2.75) is 30.7 Å². The molecule has 0 N–H and O–H groups in total. The average molecular weight is 424 g/mol. The van der Waals surface area contributed by atoms with Crippen molar-refractivity contribution in [2.24, 2.45) is 0 Å². The largest absolute Gasteiger partial charge is 1.00 e. The van der Waals surface area contributed by atoms with Crippen molar-refractivity contribution >= 4 is 51.3 Å². The van der Waals surface area contributed by atoms with Gasteiger partial charge in [-0.2, -0.15) is 5.26 Å². The number of carboxylic acids is 1. The summed E-state index contributed by atoms with van der Waals surface area (Å²) in [6.07, 6.45) is 1.79. The van der Waals surface area contributed by atoms with E-state index in [1.807, 2.05) is 0 Å². The van der Waals surface area contributed by atoms with Gasteiger partial charge < -0.3 is 14.5 Å². The molecule has 9 heteroatoms. The fourth-order valence-electron chi connectivity index (χ4n) is 2.96. The Bertz CT molecular complexity index is 1200. The number of aromatic nitrogens is 2. The van der Waals surface area contributed by atoms with Gasteiger partial charge in [0.05, 0.1) is 50.5 Å². The minimum atomic E-state index is -1.32. The van der Waals surface area contributed by atoms with E-state index in [0.717, 1.165) is 0 Å². The summed E-state index contributed by atoms with van der Waals surface area (Å²) in [6, 6.07) is 8.56. The second kappa shape index (κ2) is 8.44. The zero-order valence-corrected chi connectivity index (χ0v) is 19.4. The molecule has 0 aliphatic carbocycles. The number of carboxylic acid groups (broad SMARTS) is 1. The van der Waals surface area contributed by atoms with Crippen LogP contribution in [0.5, 0.6) is 0 Å². The Morgan fingerprint density at radius 3 is 2.54 bits per heavy atom. The molecule has 138 valence electrons. The number of halogens is 1. The quantitative estimate of drug-likeness (QED) is 0.318. The molecule has 0 unspecified atom stereocenters. The number of rotatable bonds is 4. The molecule has 0 fully saturated rings. The van der Waals surface area contributed by atoms with Crippen LogP contribution in [0.1, 0.15) is 19.5 Å². The number of nitrogens with zero attached hydrogens (tertiary/aromatic N) is 3. The van der Waals surface area contributed by atoms with Crippen molar-refractivity contribution < 1.29 is 39.5 Å². The van der Waals surface area contributed by atoms with Gasteiger partial charge in [-0.25, -0.2) is 4.98 Å². The van der Waals surface area contributed by atoms with Crippen molar-refractivity contribution in [1.82, 2.24) is 9.55 Å². The number of hydrogen-bond acceptors (Lipinski definition) is 6. The average Bonchev–Trinajstić information content (AvgIpc) is 2.64. The van der Waals surface area contributed by atoms with Gasteiger partial charge in [-0.1, -0.05) is 11.6 Å². The van der Waals surface area contributed by atoms with Crippen LogP contribution in [0.3, 0.4) is 0 Å². The molecule has 0 saturated carbocycles. The zero-order chi connectivity index (χ0) is 19.9. The number of aliphatic carboxylic acids is 1. The van der Waals surface area contributed by atoms with Gasteiger partial charge in [-0.05, 0) is 44.4 Å². The molecular weight excluding hydrogens is 409 g/mol. The van der Waals surface area contributed by atoms with Gasteiger partial charge in [0, 0.05) is 5.39 Å². The maximum absolute atomic E-state index is 13.0. The van der Waals surface area contributed by atoms with Crippen LogP contribution in [-0.4, -0.2) is 21.8 Å². The van der Waals surface area contributed by atoms with Crippen LogP contribution >= 0.6 is 23.4 Å². The Hall–Kier alpha value is -1.56. The number of hydrogen-bond donors (Lipinski definition) is 0. The number of thioether (sulfide) groups is 1. The molecule has 2 heterocycles. The van der Waals surface area contributed by atoms with Crippen molar-refractivity contribution in [3.63, 3.8) is 0 Å². The molecule has 6 nitrogen and oxygen atoms in total. The fourth-order valence-corrected chi connectivity index (χ4v) is 4.02. The van der Waals surface area contributed by atoms with Crippen LogP contribution in [0.25, 0.3) is 21.9 Å². The van der Waals surface area contributed by atoms with Crippen LogP contribution in [0.2, 0.25) is 5.02 Å². The molecule has 3 rings (SSSR count). The fraction of sp³-hybridized carbons (Fsp3) is 0.263. The summed E-state index contributed by atoms with van der Waals surface area (Å²) in [5.41, 5.74) is -0.139. The molecule has 0 aliphatic heterocycles. The number of nitriles is 1. The Labute approximate surface area is 192 Å². The summed E-state index contributed by atoms with van der Waals surface area (Å²) in [5, 5.41) is 21.9. The number of benzene rings is 1. The van der Waals surface area contributed by atoms with Crippen molar-refractivity contribution in [3.05, 3.63) is 45.2 Å². The Balaban J connectivity index is 0.00000280. The number of carbonyl (C=O) groups is 1. The molecule has 3 aromatic rings. The van der Waals surface area contributed by atoms with Crippen molar-refractivity contribution in [1.29, 1.82) is 5.26 Å². The van der Waals surface area contributed by atoms with Gasteiger partial charge >= 0.3 is 29.6 Å². The summed E-state index contributed by atoms with van der Waals surface area (Å²) in [5.74, 6) is -1.32. The Morgan fingerprint density at radius 1 is 1.32 bits per heavy atom. The van der Waals surface area contributed by atoms with Crippen LogP contribution in [0, 0.1) is 11.3 Å². The summed E-state index contributed by atoms with van der Waals surface area (Å²) < 4.78 is 1.43. The van der Waals surface area contributed by atoms with E-state index in [1.165, 1.54) is 16.3 Å². The molecule has 28 heavy (non-hydrogen) atoms.